The topological polar surface area (TPSA) is 130 Å². The van der Waals surface area contributed by atoms with Crippen molar-refractivity contribution in [3.05, 3.63) is 35.4 Å². The van der Waals surface area contributed by atoms with E-state index in [0.29, 0.717) is 5.56 Å². The molecule has 144 valence electrons. The van der Waals surface area contributed by atoms with Crippen LogP contribution in [0.5, 0.6) is 0 Å². The maximum absolute atomic E-state index is 12.0. The maximum atomic E-state index is 12.0. The van der Waals surface area contributed by atoms with Gasteiger partial charge in [-0.25, -0.2) is 13.2 Å². The van der Waals surface area contributed by atoms with Gasteiger partial charge in [-0.3, -0.25) is 9.59 Å². The van der Waals surface area contributed by atoms with Crippen LogP contribution in [0.3, 0.4) is 0 Å². The number of aliphatic carboxylic acids is 1. The molecule has 9 heteroatoms. The van der Waals surface area contributed by atoms with Crippen LogP contribution in [0.15, 0.2) is 24.3 Å². The van der Waals surface area contributed by atoms with Gasteiger partial charge in [0.25, 0.3) is 5.91 Å². The molecule has 0 aliphatic rings. The standard InChI is InChI=1S/C17H24N2O6S/c1-11(2)8-14(17(22)23)19-15(20)9-18-16(21)13-6-4-12(5-7-13)10-26(3,24)25/h4-7,11,14H,8-10H2,1-3H3,(H,18,21)(H,19,20)(H,22,23)/t14-/m0/s1. The highest BCUT2D eigenvalue weighted by Gasteiger charge is 2.21. The van der Waals surface area contributed by atoms with E-state index in [4.69, 9.17) is 5.11 Å². The monoisotopic (exact) mass is 384 g/mol. The molecular formula is C17H24N2O6S. The van der Waals surface area contributed by atoms with Crippen molar-refractivity contribution >= 4 is 27.6 Å². The van der Waals surface area contributed by atoms with Gasteiger partial charge < -0.3 is 15.7 Å². The minimum Gasteiger partial charge on any atom is -0.480 e. The number of carbonyl (C=O) groups is 3. The first-order valence-corrected chi connectivity index (χ1v) is 10.1. The predicted molar refractivity (Wildman–Crippen MR) is 96.3 cm³/mol. The van der Waals surface area contributed by atoms with Crippen molar-refractivity contribution in [3.8, 4) is 0 Å². The van der Waals surface area contributed by atoms with Crippen molar-refractivity contribution in [2.24, 2.45) is 5.92 Å². The number of carbonyl (C=O) groups excluding carboxylic acids is 2. The van der Waals surface area contributed by atoms with E-state index in [1.54, 1.807) is 0 Å². The lowest BCUT2D eigenvalue weighted by Gasteiger charge is -2.16. The largest absolute Gasteiger partial charge is 0.480 e. The van der Waals surface area contributed by atoms with Crippen molar-refractivity contribution in [2.45, 2.75) is 32.1 Å². The van der Waals surface area contributed by atoms with E-state index in [9.17, 15) is 22.8 Å². The van der Waals surface area contributed by atoms with E-state index >= 15 is 0 Å². The van der Waals surface area contributed by atoms with Gasteiger partial charge in [-0.05, 0) is 30.0 Å². The number of sulfone groups is 1. The van der Waals surface area contributed by atoms with Crippen molar-refractivity contribution < 1.29 is 27.9 Å². The molecule has 0 aliphatic carbocycles. The van der Waals surface area contributed by atoms with Crippen LogP contribution in [0.1, 0.15) is 36.2 Å². The predicted octanol–water partition coefficient (Wildman–Crippen LogP) is 0.577. The van der Waals surface area contributed by atoms with Crippen LogP contribution in [-0.4, -0.2) is 50.2 Å². The average Bonchev–Trinajstić information content (AvgIpc) is 2.50. The Balaban J connectivity index is 2.57. The third-order valence-corrected chi connectivity index (χ3v) is 4.25. The van der Waals surface area contributed by atoms with Crippen LogP contribution < -0.4 is 10.6 Å². The first kappa shape index (κ1) is 21.6. The van der Waals surface area contributed by atoms with Gasteiger partial charge in [0, 0.05) is 11.8 Å². The van der Waals surface area contributed by atoms with Gasteiger partial charge in [0.15, 0.2) is 9.84 Å². The fraction of sp³-hybridized carbons (Fsp3) is 0.471. The number of carboxylic acid groups (broad SMARTS) is 1. The summed E-state index contributed by atoms with van der Waals surface area (Å²) in [6.07, 6.45) is 1.41. The van der Waals surface area contributed by atoms with Gasteiger partial charge >= 0.3 is 5.97 Å². The van der Waals surface area contributed by atoms with Gasteiger partial charge in [0.2, 0.25) is 5.91 Å². The summed E-state index contributed by atoms with van der Waals surface area (Å²) in [5, 5.41) is 13.9. The molecule has 0 aromatic heterocycles. The molecule has 1 aromatic carbocycles. The van der Waals surface area contributed by atoms with Crippen LogP contribution in [0.25, 0.3) is 0 Å². The fourth-order valence-corrected chi connectivity index (χ4v) is 3.05. The zero-order chi connectivity index (χ0) is 19.9. The van der Waals surface area contributed by atoms with Crippen molar-refractivity contribution in [2.75, 3.05) is 12.8 Å². The Morgan fingerprint density at radius 1 is 1.12 bits per heavy atom. The molecule has 26 heavy (non-hydrogen) atoms. The van der Waals surface area contributed by atoms with Crippen LogP contribution in [-0.2, 0) is 25.2 Å². The third kappa shape index (κ3) is 8.11. The van der Waals surface area contributed by atoms with Crippen molar-refractivity contribution in [3.63, 3.8) is 0 Å². The van der Waals surface area contributed by atoms with E-state index in [-0.39, 0.29) is 30.2 Å². The Hall–Kier alpha value is -2.42. The summed E-state index contributed by atoms with van der Waals surface area (Å²) >= 11 is 0. The summed E-state index contributed by atoms with van der Waals surface area (Å²) in [5.74, 6) is -2.26. The highest BCUT2D eigenvalue weighted by Crippen LogP contribution is 2.08. The number of hydrogen-bond acceptors (Lipinski definition) is 5. The molecule has 1 aromatic rings. The number of carboxylic acids is 1. The molecule has 0 unspecified atom stereocenters. The van der Waals surface area contributed by atoms with Crippen molar-refractivity contribution in [1.82, 2.24) is 10.6 Å². The van der Waals surface area contributed by atoms with E-state index < -0.39 is 33.7 Å². The lowest BCUT2D eigenvalue weighted by atomic mass is 10.0. The second-order valence-corrected chi connectivity index (χ2v) is 8.68. The van der Waals surface area contributed by atoms with E-state index in [1.807, 2.05) is 13.8 Å². The zero-order valence-electron chi connectivity index (χ0n) is 15.0. The maximum Gasteiger partial charge on any atom is 0.326 e. The first-order valence-electron chi connectivity index (χ1n) is 8.05. The third-order valence-electron chi connectivity index (χ3n) is 3.39. The number of benzene rings is 1. The van der Waals surface area contributed by atoms with Gasteiger partial charge in [-0.15, -0.1) is 0 Å². The summed E-state index contributed by atoms with van der Waals surface area (Å²) in [5.41, 5.74) is 0.826. The minimum absolute atomic E-state index is 0.0939. The number of hydrogen-bond donors (Lipinski definition) is 3. The molecule has 1 rings (SSSR count). The average molecular weight is 384 g/mol. The van der Waals surface area contributed by atoms with Gasteiger partial charge in [-0.2, -0.15) is 0 Å². The summed E-state index contributed by atoms with van der Waals surface area (Å²) in [4.78, 5) is 35.0. The van der Waals surface area contributed by atoms with Gasteiger partial charge in [0.05, 0.1) is 12.3 Å². The molecule has 0 radical (unpaired) electrons. The first-order chi connectivity index (χ1) is 12.0. The number of rotatable bonds is 9. The molecule has 0 spiro atoms. The summed E-state index contributed by atoms with van der Waals surface area (Å²) in [6.45, 7) is 3.33. The smallest absolute Gasteiger partial charge is 0.326 e. The van der Waals surface area contributed by atoms with E-state index in [2.05, 4.69) is 10.6 Å². The number of nitrogens with one attached hydrogen (secondary N) is 2. The van der Waals surface area contributed by atoms with Gasteiger partial charge in [-0.1, -0.05) is 26.0 Å². The quantitative estimate of drug-likeness (QED) is 0.571. The highest BCUT2D eigenvalue weighted by atomic mass is 32.2. The molecule has 1 atom stereocenters. The SMILES string of the molecule is CC(C)C[C@H](NC(=O)CNC(=O)c1ccc(CS(C)(=O)=O)cc1)C(=O)O. The number of amides is 2. The summed E-state index contributed by atoms with van der Waals surface area (Å²) in [6, 6.07) is 4.98. The minimum atomic E-state index is -3.16. The Bertz CT molecular complexity index is 756. The molecule has 0 aliphatic heterocycles. The Kier molecular flexibility index (Phi) is 7.76. The van der Waals surface area contributed by atoms with E-state index in [1.165, 1.54) is 24.3 Å². The lowest BCUT2D eigenvalue weighted by Crippen LogP contribution is -2.46. The molecule has 0 bridgehead atoms. The van der Waals surface area contributed by atoms with Crippen LogP contribution in [0.4, 0.5) is 0 Å². The second kappa shape index (κ2) is 9.33. The van der Waals surface area contributed by atoms with Crippen LogP contribution >= 0.6 is 0 Å². The summed E-state index contributed by atoms with van der Waals surface area (Å²) < 4.78 is 22.5. The summed E-state index contributed by atoms with van der Waals surface area (Å²) in [7, 11) is -3.16. The molecule has 0 heterocycles. The molecule has 0 saturated carbocycles. The molecule has 3 N–H and O–H groups in total. The van der Waals surface area contributed by atoms with Crippen molar-refractivity contribution in [1.29, 1.82) is 0 Å². The molecule has 2 amide bonds. The Morgan fingerprint density at radius 3 is 2.15 bits per heavy atom. The second-order valence-electron chi connectivity index (χ2n) is 6.54. The molecule has 0 fully saturated rings. The van der Waals surface area contributed by atoms with Crippen LogP contribution in [0, 0.1) is 5.92 Å². The Labute approximate surface area is 152 Å². The normalized spacial score (nSPS) is 12.5. The Morgan fingerprint density at radius 2 is 1.69 bits per heavy atom. The van der Waals surface area contributed by atoms with E-state index in [0.717, 1.165) is 6.26 Å². The molecule has 8 nitrogen and oxygen atoms in total. The molecule has 0 saturated heterocycles. The van der Waals surface area contributed by atoms with Crippen LogP contribution in [0.2, 0.25) is 0 Å². The van der Waals surface area contributed by atoms with Gasteiger partial charge in [0.1, 0.15) is 6.04 Å². The lowest BCUT2D eigenvalue weighted by molar-refractivity contribution is -0.142. The molecular weight excluding hydrogens is 360 g/mol. The zero-order valence-corrected chi connectivity index (χ0v) is 15.8. The fourth-order valence-electron chi connectivity index (χ4n) is 2.26. The highest BCUT2D eigenvalue weighted by molar-refractivity contribution is 7.89.